The standard InChI is InChI=1S/C11H8Cl2N4O/c12-6-3-7(5-16-4-6)18-11-9(13)8(10(14)15)1-2-17-11/h1-5H,(H3,14,15). The maximum Gasteiger partial charge on any atom is 0.238 e. The Bertz CT molecular complexity index is 603. The molecule has 0 spiro atoms. The second-order valence-electron chi connectivity index (χ2n) is 3.33. The Hall–Kier alpha value is -1.85. The number of hydrogen-bond acceptors (Lipinski definition) is 4. The van der Waals surface area contributed by atoms with Gasteiger partial charge in [-0.25, -0.2) is 4.98 Å². The van der Waals surface area contributed by atoms with E-state index < -0.39 is 0 Å². The van der Waals surface area contributed by atoms with Gasteiger partial charge >= 0.3 is 0 Å². The average molecular weight is 283 g/mol. The van der Waals surface area contributed by atoms with E-state index in [0.29, 0.717) is 16.3 Å². The van der Waals surface area contributed by atoms with Crippen molar-refractivity contribution in [2.75, 3.05) is 0 Å². The van der Waals surface area contributed by atoms with Crippen LogP contribution in [-0.4, -0.2) is 15.8 Å². The van der Waals surface area contributed by atoms with Gasteiger partial charge in [0.05, 0.1) is 11.2 Å². The van der Waals surface area contributed by atoms with Gasteiger partial charge in [-0.1, -0.05) is 23.2 Å². The monoisotopic (exact) mass is 282 g/mol. The zero-order chi connectivity index (χ0) is 13.1. The lowest BCUT2D eigenvalue weighted by Crippen LogP contribution is -2.12. The first-order valence-electron chi connectivity index (χ1n) is 4.85. The minimum absolute atomic E-state index is 0.147. The number of rotatable bonds is 3. The summed E-state index contributed by atoms with van der Waals surface area (Å²) >= 11 is 11.8. The van der Waals surface area contributed by atoms with Crippen LogP contribution in [0.25, 0.3) is 0 Å². The molecule has 0 amide bonds. The van der Waals surface area contributed by atoms with Gasteiger partial charge in [-0.15, -0.1) is 0 Å². The highest BCUT2D eigenvalue weighted by atomic mass is 35.5. The van der Waals surface area contributed by atoms with Crippen LogP contribution in [0.4, 0.5) is 0 Å². The fourth-order valence-corrected chi connectivity index (χ4v) is 1.68. The molecule has 0 aromatic carbocycles. The van der Waals surface area contributed by atoms with Gasteiger partial charge < -0.3 is 10.5 Å². The SMILES string of the molecule is N=C(N)c1ccnc(Oc2cncc(Cl)c2)c1Cl. The molecule has 18 heavy (non-hydrogen) atoms. The third-order valence-corrected chi connectivity index (χ3v) is 2.61. The van der Waals surface area contributed by atoms with Crippen molar-refractivity contribution in [2.45, 2.75) is 0 Å². The van der Waals surface area contributed by atoms with Crippen molar-refractivity contribution in [1.29, 1.82) is 5.41 Å². The van der Waals surface area contributed by atoms with E-state index in [2.05, 4.69) is 9.97 Å². The molecule has 7 heteroatoms. The van der Waals surface area contributed by atoms with Crippen molar-refractivity contribution in [2.24, 2.45) is 5.73 Å². The second-order valence-corrected chi connectivity index (χ2v) is 4.15. The predicted octanol–water partition coefficient (Wildman–Crippen LogP) is 2.86. The fourth-order valence-electron chi connectivity index (χ4n) is 1.26. The number of nitrogen functional groups attached to an aromatic ring is 1. The van der Waals surface area contributed by atoms with Crippen molar-refractivity contribution in [3.63, 3.8) is 0 Å². The number of halogens is 2. The molecule has 0 radical (unpaired) electrons. The number of hydrogen-bond donors (Lipinski definition) is 2. The molecule has 0 fully saturated rings. The van der Waals surface area contributed by atoms with E-state index in [0.717, 1.165) is 0 Å². The molecule has 0 aliphatic rings. The Morgan fingerprint density at radius 3 is 2.78 bits per heavy atom. The van der Waals surface area contributed by atoms with Gasteiger partial charge in [-0.2, -0.15) is 0 Å². The maximum atomic E-state index is 7.36. The normalized spacial score (nSPS) is 10.1. The van der Waals surface area contributed by atoms with Crippen LogP contribution < -0.4 is 10.5 Å². The highest BCUT2D eigenvalue weighted by Crippen LogP contribution is 2.30. The smallest absolute Gasteiger partial charge is 0.238 e. The van der Waals surface area contributed by atoms with Crippen LogP contribution in [0.3, 0.4) is 0 Å². The second kappa shape index (κ2) is 5.20. The molecular formula is C11H8Cl2N4O. The van der Waals surface area contributed by atoms with E-state index >= 15 is 0 Å². The molecule has 0 saturated carbocycles. The molecule has 5 nitrogen and oxygen atoms in total. The molecule has 0 saturated heterocycles. The third-order valence-electron chi connectivity index (χ3n) is 2.04. The van der Waals surface area contributed by atoms with Gasteiger partial charge in [0.2, 0.25) is 5.88 Å². The molecule has 0 aliphatic heterocycles. The number of nitrogens with zero attached hydrogens (tertiary/aromatic N) is 2. The van der Waals surface area contributed by atoms with Crippen LogP contribution in [0.15, 0.2) is 30.7 Å². The molecule has 2 rings (SSSR count). The minimum atomic E-state index is -0.156. The predicted molar refractivity (Wildman–Crippen MR) is 69.6 cm³/mol. The largest absolute Gasteiger partial charge is 0.436 e. The molecule has 0 bridgehead atoms. The molecular weight excluding hydrogens is 275 g/mol. The van der Waals surface area contributed by atoms with Crippen LogP contribution in [0, 0.1) is 5.41 Å². The van der Waals surface area contributed by atoms with E-state index in [1.165, 1.54) is 24.7 Å². The van der Waals surface area contributed by atoms with E-state index in [1.807, 2.05) is 0 Å². The van der Waals surface area contributed by atoms with E-state index in [4.69, 9.17) is 39.1 Å². The van der Waals surface area contributed by atoms with Crippen molar-refractivity contribution in [1.82, 2.24) is 9.97 Å². The van der Waals surface area contributed by atoms with Gasteiger partial charge in [0.25, 0.3) is 0 Å². The molecule has 2 heterocycles. The first kappa shape index (κ1) is 12.6. The Balaban J connectivity index is 2.35. The van der Waals surface area contributed by atoms with Crippen molar-refractivity contribution >= 4 is 29.0 Å². The molecule has 0 aliphatic carbocycles. The van der Waals surface area contributed by atoms with Crippen LogP contribution in [0.1, 0.15) is 5.56 Å². The molecule has 3 N–H and O–H groups in total. The summed E-state index contributed by atoms with van der Waals surface area (Å²) < 4.78 is 5.44. The Morgan fingerprint density at radius 2 is 2.11 bits per heavy atom. The number of nitrogens with one attached hydrogen (secondary N) is 1. The number of aromatic nitrogens is 2. The number of ether oxygens (including phenoxy) is 1. The quantitative estimate of drug-likeness (QED) is 0.670. The van der Waals surface area contributed by atoms with Gasteiger partial charge in [0.15, 0.2) is 0 Å². The minimum Gasteiger partial charge on any atom is -0.436 e. The first-order valence-corrected chi connectivity index (χ1v) is 5.61. The highest BCUT2D eigenvalue weighted by molar-refractivity contribution is 6.35. The lowest BCUT2D eigenvalue weighted by molar-refractivity contribution is 0.461. The van der Waals surface area contributed by atoms with Crippen molar-refractivity contribution in [3.8, 4) is 11.6 Å². The zero-order valence-electron chi connectivity index (χ0n) is 9.02. The van der Waals surface area contributed by atoms with E-state index in [-0.39, 0.29) is 16.7 Å². The Kier molecular flexibility index (Phi) is 3.64. The summed E-state index contributed by atoms with van der Waals surface area (Å²) in [4.78, 5) is 7.84. The number of nitrogens with two attached hydrogens (primary N) is 1. The van der Waals surface area contributed by atoms with Crippen molar-refractivity contribution in [3.05, 3.63) is 46.3 Å². The fraction of sp³-hybridized carbons (Fsp3) is 0. The number of pyridine rings is 2. The Labute approximate surface area is 113 Å². The zero-order valence-corrected chi connectivity index (χ0v) is 10.5. The molecule has 2 aromatic rings. The lowest BCUT2D eigenvalue weighted by Gasteiger charge is -2.08. The molecule has 0 atom stereocenters. The third kappa shape index (κ3) is 2.69. The average Bonchev–Trinajstić information content (AvgIpc) is 2.31. The summed E-state index contributed by atoms with van der Waals surface area (Å²) in [5.41, 5.74) is 5.74. The molecule has 2 aromatic heterocycles. The van der Waals surface area contributed by atoms with Gasteiger partial charge in [-0.3, -0.25) is 10.4 Å². The topological polar surface area (TPSA) is 84.9 Å². The van der Waals surface area contributed by atoms with E-state index in [9.17, 15) is 0 Å². The van der Waals surface area contributed by atoms with Crippen LogP contribution in [0.5, 0.6) is 11.6 Å². The lowest BCUT2D eigenvalue weighted by atomic mass is 10.2. The molecule has 92 valence electrons. The van der Waals surface area contributed by atoms with Crippen LogP contribution in [0.2, 0.25) is 10.0 Å². The van der Waals surface area contributed by atoms with E-state index in [1.54, 1.807) is 6.07 Å². The van der Waals surface area contributed by atoms with Gasteiger partial charge in [0, 0.05) is 24.0 Å². The number of amidine groups is 1. The summed E-state index contributed by atoms with van der Waals surface area (Å²) in [5, 5.41) is 7.97. The summed E-state index contributed by atoms with van der Waals surface area (Å²) in [6, 6.07) is 3.11. The first-order chi connectivity index (χ1) is 8.58. The summed E-state index contributed by atoms with van der Waals surface area (Å²) in [6.45, 7) is 0. The summed E-state index contributed by atoms with van der Waals surface area (Å²) in [7, 11) is 0. The summed E-state index contributed by atoms with van der Waals surface area (Å²) in [6.07, 6.45) is 4.41. The van der Waals surface area contributed by atoms with Crippen molar-refractivity contribution < 1.29 is 4.74 Å². The van der Waals surface area contributed by atoms with Crippen LogP contribution >= 0.6 is 23.2 Å². The molecule has 0 unspecified atom stereocenters. The van der Waals surface area contributed by atoms with Gasteiger partial charge in [-0.05, 0) is 6.07 Å². The van der Waals surface area contributed by atoms with Crippen LogP contribution in [-0.2, 0) is 0 Å². The highest BCUT2D eigenvalue weighted by Gasteiger charge is 2.12. The van der Waals surface area contributed by atoms with Gasteiger partial charge in [0.1, 0.15) is 16.6 Å². The summed E-state index contributed by atoms with van der Waals surface area (Å²) in [5.74, 6) is 0.391. The maximum absolute atomic E-state index is 7.36. The Morgan fingerprint density at radius 1 is 1.33 bits per heavy atom.